The number of carbonyl (C=O) groups is 2. The summed E-state index contributed by atoms with van der Waals surface area (Å²) < 4.78 is 11.7. The highest BCUT2D eigenvalue weighted by Gasteiger charge is 2.61. The van der Waals surface area contributed by atoms with Crippen molar-refractivity contribution in [3.05, 3.63) is 59.7 Å². The molecule has 1 aliphatic heterocycles. The number of nitrogens with one attached hydrogen (secondary N) is 2. The maximum atomic E-state index is 13.2. The van der Waals surface area contributed by atoms with Gasteiger partial charge in [-0.2, -0.15) is 0 Å². The molecule has 3 fully saturated rings. The van der Waals surface area contributed by atoms with Crippen LogP contribution in [-0.4, -0.2) is 24.6 Å². The third kappa shape index (κ3) is 3.34. The molecule has 0 saturated heterocycles. The Bertz CT molecular complexity index is 1040. The fraction of sp³-hybridized carbons (Fsp3) is 0.440. The van der Waals surface area contributed by atoms with Gasteiger partial charge in [0.1, 0.15) is 11.5 Å². The van der Waals surface area contributed by atoms with E-state index in [1.807, 2.05) is 42.5 Å². The first-order valence-electron chi connectivity index (χ1n) is 10.9. The lowest BCUT2D eigenvalue weighted by molar-refractivity contribution is -0.167. The smallest absolute Gasteiger partial charge is 0.258 e. The number of methoxy groups -OCH3 is 1. The second kappa shape index (κ2) is 7.29. The molecule has 2 N–H and O–H groups in total. The average molecular weight is 421 g/mol. The van der Waals surface area contributed by atoms with Gasteiger partial charge in [0.2, 0.25) is 5.91 Å². The van der Waals surface area contributed by atoms with E-state index >= 15 is 0 Å². The number of amides is 2. The molecule has 2 amide bonds. The number of ether oxygens (including phenoxy) is 2. The molecule has 1 spiro atoms. The second-order valence-corrected chi connectivity index (χ2v) is 9.37. The standard InChI is InChI=1S/C25H28N2O4/c1-24-11-10-17(25(15-24)27-22(28)19-8-3-4-9-21(19)31-25)13-20(24)23(29)26-14-16-6-5-7-18(12-16)30-2/h3-9,12,17,20H,10-11,13-15H2,1-2H3,(H,26,29)(H,27,28)/t17-,20-,24+,25-/m1/s1. The van der Waals surface area contributed by atoms with Gasteiger partial charge in [0, 0.05) is 24.8 Å². The Morgan fingerprint density at radius 2 is 2.10 bits per heavy atom. The van der Waals surface area contributed by atoms with Crippen molar-refractivity contribution < 1.29 is 19.1 Å². The number of benzene rings is 2. The fourth-order valence-corrected chi connectivity index (χ4v) is 5.75. The van der Waals surface area contributed by atoms with Crippen LogP contribution in [0.25, 0.3) is 0 Å². The first kappa shape index (κ1) is 19.9. The summed E-state index contributed by atoms with van der Waals surface area (Å²) in [6, 6.07) is 15.1. The van der Waals surface area contributed by atoms with Crippen LogP contribution in [0.2, 0.25) is 0 Å². The molecular weight excluding hydrogens is 392 g/mol. The van der Waals surface area contributed by atoms with Crippen LogP contribution in [0.15, 0.2) is 48.5 Å². The van der Waals surface area contributed by atoms with Gasteiger partial charge in [-0.15, -0.1) is 0 Å². The predicted octanol–water partition coefficient (Wildman–Crippen LogP) is 3.66. The molecule has 6 rings (SSSR count). The van der Waals surface area contributed by atoms with Gasteiger partial charge in [0.05, 0.1) is 12.7 Å². The van der Waals surface area contributed by atoms with Crippen molar-refractivity contribution in [1.82, 2.24) is 10.6 Å². The van der Waals surface area contributed by atoms with Crippen molar-refractivity contribution in [1.29, 1.82) is 0 Å². The molecule has 2 bridgehead atoms. The van der Waals surface area contributed by atoms with E-state index in [1.165, 1.54) is 0 Å². The molecule has 0 radical (unpaired) electrons. The van der Waals surface area contributed by atoms with Gasteiger partial charge >= 0.3 is 0 Å². The summed E-state index contributed by atoms with van der Waals surface area (Å²) in [7, 11) is 1.64. The number of hydrogen-bond acceptors (Lipinski definition) is 4. The van der Waals surface area contributed by atoms with Crippen LogP contribution < -0.4 is 20.1 Å². The summed E-state index contributed by atoms with van der Waals surface area (Å²) in [5.74, 6) is 1.42. The lowest BCUT2D eigenvalue weighted by atomic mass is 9.52. The van der Waals surface area contributed by atoms with E-state index in [-0.39, 0.29) is 29.1 Å². The maximum absolute atomic E-state index is 13.2. The van der Waals surface area contributed by atoms with Gasteiger partial charge < -0.3 is 20.1 Å². The molecule has 6 nitrogen and oxygen atoms in total. The molecule has 2 aromatic carbocycles. The Labute approximate surface area is 182 Å². The van der Waals surface area contributed by atoms with Crippen molar-refractivity contribution >= 4 is 11.8 Å². The summed E-state index contributed by atoms with van der Waals surface area (Å²) in [5.41, 5.74) is 0.636. The van der Waals surface area contributed by atoms with Crippen molar-refractivity contribution in [3.8, 4) is 11.5 Å². The van der Waals surface area contributed by atoms with Crippen molar-refractivity contribution in [3.63, 3.8) is 0 Å². The number of carbonyl (C=O) groups excluding carboxylic acids is 2. The molecule has 0 unspecified atom stereocenters. The van der Waals surface area contributed by atoms with E-state index < -0.39 is 5.72 Å². The zero-order valence-electron chi connectivity index (χ0n) is 17.9. The first-order chi connectivity index (χ1) is 14.9. The SMILES string of the molecule is COc1cccc(CNC(=O)[C@H]2C[C@H]3CC[C@@]2(C)C[C@]32NC(=O)c3ccccc3O2)c1. The van der Waals surface area contributed by atoms with Crippen molar-refractivity contribution in [2.75, 3.05) is 7.11 Å². The van der Waals surface area contributed by atoms with Crippen molar-refractivity contribution in [2.24, 2.45) is 17.3 Å². The summed E-state index contributed by atoms with van der Waals surface area (Å²) in [6.45, 7) is 2.63. The van der Waals surface area contributed by atoms with E-state index in [4.69, 9.17) is 9.47 Å². The molecule has 3 aliphatic carbocycles. The normalized spacial score (nSPS) is 30.8. The Morgan fingerprint density at radius 3 is 2.90 bits per heavy atom. The Hall–Kier alpha value is -3.02. The van der Waals surface area contributed by atoms with Gasteiger partial charge in [-0.1, -0.05) is 31.2 Å². The highest BCUT2D eigenvalue weighted by molar-refractivity contribution is 5.98. The number of fused-ring (bicyclic) bond motifs is 3. The lowest BCUT2D eigenvalue weighted by Gasteiger charge is -2.59. The molecule has 2 aromatic rings. The van der Waals surface area contributed by atoms with Crippen LogP contribution in [-0.2, 0) is 11.3 Å². The van der Waals surface area contributed by atoms with Crippen molar-refractivity contribution in [2.45, 2.75) is 44.9 Å². The molecule has 3 saturated carbocycles. The summed E-state index contributed by atoms with van der Waals surface area (Å²) in [6.07, 6.45) is 3.25. The quantitative estimate of drug-likeness (QED) is 0.792. The number of hydrogen-bond donors (Lipinski definition) is 2. The van der Waals surface area contributed by atoms with E-state index in [1.54, 1.807) is 13.2 Å². The molecule has 6 heteroatoms. The van der Waals surface area contributed by atoms with Crippen LogP contribution in [0.4, 0.5) is 0 Å². The number of rotatable bonds is 4. The molecule has 1 heterocycles. The third-order valence-corrected chi connectivity index (χ3v) is 7.42. The zero-order valence-corrected chi connectivity index (χ0v) is 17.9. The molecule has 4 aliphatic rings. The summed E-state index contributed by atoms with van der Waals surface area (Å²) >= 11 is 0. The summed E-state index contributed by atoms with van der Waals surface area (Å²) in [4.78, 5) is 26.0. The molecule has 4 atom stereocenters. The third-order valence-electron chi connectivity index (χ3n) is 7.42. The monoisotopic (exact) mass is 420 g/mol. The largest absolute Gasteiger partial charge is 0.497 e. The second-order valence-electron chi connectivity index (χ2n) is 9.37. The Morgan fingerprint density at radius 1 is 1.26 bits per heavy atom. The maximum Gasteiger partial charge on any atom is 0.258 e. The van der Waals surface area contributed by atoms with E-state index in [0.29, 0.717) is 30.7 Å². The lowest BCUT2D eigenvalue weighted by Crippen LogP contribution is -2.69. The molecule has 0 aromatic heterocycles. The minimum Gasteiger partial charge on any atom is -0.497 e. The molecule has 31 heavy (non-hydrogen) atoms. The Balaban J connectivity index is 1.32. The van der Waals surface area contributed by atoms with E-state index in [9.17, 15) is 9.59 Å². The number of para-hydroxylation sites is 1. The van der Waals surface area contributed by atoms with Gasteiger partial charge in [-0.25, -0.2) is 0 Å². The summed E-state index contributed by atoms with van der Waals surface area (Å²) in [5, 5.41) is 6.29. The van der Waals surface area contributed by atoms with Crippen LogP contribution in [0.1, 0.15) is 48.5 Å². The average Bonchev–Trinajstić information content (AvgIpc) is 2.77. The zero-order chi connectivity index (χ0) is 21.6. The van der Waals surface area contributed by atoms with E-state index in [0.717, 1.165) is 24.2 Å². The van der Waals surface area contributed by atoms with Gasteiger partial charge in [0.25, 0.3) is 5.91 Å². The molecular formula is C25H28N2O4. The highest BCUT2D eigenvalue weighted by atomic mass is 16.5. The fourth-order valence-electron chi connectivity index (χ4n) is 5.75. The van der Waals surface area contributed by atoms with Crippen LogP contribution in [0.3, 0.4) is 0 Å². The van der Waals surface area contributed by atoms with Crippen LogP contribution >= 0.6 is 0 Å². The van der Waals surface area contributed by atoms with Gasteiger partial charge in [0.15, 0.2) is 5.72 Å². The molecule has 162 valence electrons. The minimum absolute atomic E-state index is 0.0763. The predicted molar refractivity (Wildman–Crippen MR) is 116 cm³/mol. The van der Waals surface area contributed by atoms with Gasteiger partial charge in [-0.05, 0) is 54.5 Å². The highest BCUT2D eigenvalue weighted by Crippen LogP contribution is 2.58. The van der Waals surface area contributed by atoms with Gasteiger partial charge in [-0.3, -0.25) is 9.59 Å². The van der Waals surface area contributed by atoms with Crippen LogP contribution in [0.5, 0.6) is 11.5 Å². The topological polar surface area (TPSA) is 76.7 Å². The first-order valence-corrected chi connectivity index (χ1v) is 10.9. The van der Waals surface area contributed by atoms with E-state index in [2.05, 4.69) is 17.6 Å². The minimum atomic E-state index is -0.720. The van der Waals surface area contributed by atoms with Crippen LogP contribution in [0, 0.1) is 17.3 Å². The Kier molecular flexibility index (Phi) is 4.68.